The van der Waals surface area contributed by atoms with E-state index in [2.05, 4.69) is 0 Å². The van der Waals surface area contributed by atoms with Gasteiger partial charge in [-0.1, -0.05) is 20.8 Å². The summed E-state index contributed by atoms with van der Waals surface area (Å²) >= 11 is 0. The quantitative estimate of drug-likeness (QED) is 0.641. The zero-order valence-corrected chi connectivity index (χ0v) is 9.40. The number of rotatable bonds is 6. The molecule has 0 amide bonds. The van der Waals surface area contributed by atoms with E-state index in [-0.39, 0.29) is 12.3 Å². The second-order valence-corrected chi connectivity index (χ2v) is 3.91. The maximum Gasteiger partial charge on any atom is 0.345 e. The Balaban J connectivity index is 4.16. The van der Waals surface area contributed by atoms with Gasteiger partial charge >= 0.3 is 11.9 Å². The third kappa shape index (κ3) is 5.37. The van der Waals surface area contributed by atoms with E-state index in [9.17, 15) is 9.59 Å². The van der Waals surface area contributed by atoms with Crippen LogP contribution in [0.2, 0.25) is 0 Å². The van der Waals surface area contributed by atoms with Crippen molar-refractivity contribution in [2.24, 2.45) is 11.7 Å². The Morgan fingerprint density at radius 3 is 2.27 bits per heavy atom. The van der Waals surface area contributed by atoms with Crippen molar-refractivity contribution >= 4 is 11.9 Å². The number of carbonyl (C=O) groups excluding carboxylic acids is 1. The van der Waals surface area contributed by atoms with Crippen molar-refractivity contribution in [3.63, 3.8) is 0 Å². The van der Waals surface area contributed by atoms with Crippen LogP contribution in [-0.2, 0) is 14.3 Å². The van der Waals surface area contributed by atoms with Crippen molar-refractivity contribution < 1.29 is 19.4 Å². The Kier molecular flexibility index (Phi) is 5.93. The summed E-state index contributed by atoms with van der Waals surface area (Å²) in [5.74, 6) is -1.50. The molecule has 0 aromatic rings. The highest BCUT2D eigenvalue weighted by Crippen LogP contribution is 2.07. The molecule has 0 bridgehead atoms. The lowest BCUT2D eigenvalue weighted by molar-refractivity contribution is -0.165. The first kappa shape index (κ1) is 13.9. The minimum absolute atomic E-state index is 0.246. The molecule has 0 aliphatic carbocycles. The second kappa shape index (κ2) is 6.40. The van der Waals surface area contributed by atoms with Crippen molar-refractivity contribution in [3.8, 4) is 0 Å². The third-order valence-corrected chi connectivity index (χ3v) is 1.93. The molecule has 0 aliphatic heterocycles. The van der Waals surface area contributed by atoms with Crippen LogP contribution in [0.1, 0.15) is 33.6 Å². The molecule has 5 heteroatoms. The topological polar surface area (TPSA) is 89.6 Å². The summed E-state index contributed by atoms with van der Waals surface area (Å²) in [6.07, 6.45) is -0.347. The molecular weight excluding hydrogens is 198 g/mol. The molecule has 1 unspecified atom stereocenters. The molecule has 0 aromatic heterocycles. The average molecular weight is 217 g/mol. The molecule has 0 saturated carbocycles. The normalized spacial score (nSPS) is 14.7. The Labute approximate surface area is 89.6 Å². The van der Waals surface area contributed by atoms with E-state index in [1.807, 2.05) is 13.8 Å². The summed E-state index contributed by atoms with van der Waals surface area (Å²) in [4.78, 5) is 21.9. The van der Waals surface area contributed by atoms with Crippen LogP contribution in [0, 0.1) is 5.92 Å². The summed E-state index contributed by atoms with van der Waals surface area (Å²) in [5.41, 5.74) is 5.55. The predicted molar refractivity (Wildman–Crippen MR) is 55.2 cm³/mol. The van der Waals surface area contributed by atoms with Gasteiger partial charge in [-0.15, -0.1) is 0 Å². The Morgan fingerprint density at radius 1 is 1.40 bits per heavy atom. The molecule has 2 atom stereocenters. The number of aliphatic carboxylic acids is 1. The Bertz CT molecular complexity index is 227. The summed E-state index contributed by atoms with van der Waals surface area (Å²) in [5, 5.41) is 8.67. The first-order valence-electron chi connectivity index (χ1n) is 5.07. The van der Waals surface area contributed by atoms with Crippen molar-refractivity contribution in [3.05, 3.63) is 0 Å². The largest absolute Gasteiger partial charge is 0.479 e. The molecule has 3 N–H and O–H groups in total. The van der Waals surface area contributed by atoms with Gasteiger partial charge in [0.1, 0.15) is 6.04 Å². The lowest BCUT2D eigenvalue weighted by Gasteiger charge is -2.16. The van der Waals surface area contributed by atoms with E-state index >= 15 is 0 Å². The third-order valence-electron chi connectivity index (χ3n) is 1.93. The van der Waals surface area contributed by atoms with Crippen molar-refractivity contribution in [1.82, 2.24) is 0 Å². The van der Waals surface area contributed by atoms with Gasteiger partial charge in [-0.25, -0.2) is 4.79 Å². The predicted octanol–water partition coefficient (Wildman–Crippen LogP) is 0.766. The molecule has 15 heavy (non-hydrogen) atoms. The Morgan fingerprint density at radius 2 is 1.93 bits per heavy atom. The van der Waals surface area contributed by atoms with E-state index in [4.69, 9.17) is 15.6 Å². The molecule has 0 aliphatic rings. The number of carboxylic acids is 1. The zero-order valence-electron chi connectivity index (χ0n) is 9.40. The monoisotopic (exact) mass is 217 g/mol. The van der Waals surface area contributed by atoms with E-state index in [0.29, 0.717) is 6.42 Å². The molecule has 0 saturated heterocycles. The molecule has 0 heterocycles. The number of carbonyl (C=O) groups is 2. The number of hydrogen-bond acceptors (Lipinski definition) is 4. The smallest absolute Gasteiger partial charge is 0.345 e. The SMILES string of the molecule is CCC(OC(=O)[C@@H](N)CC(C)C)C(=O)O. The van der Waals surface area contributed by atoms with E-state index in [1.165, 1.54) is 0 Å². The fraction of sp³-hybridized carbons (Fsp3) is 0.800. The fourth-order valence-corrected chi connectivity index (χ4v) is 1.14. The van der Waals surface area contributed by atoms with Crippen LogP contribution in [-0.4, -0.2) is 29.2 Å². The number of carboxylic acid groups (broad SMARTS) is 1. The maximum atomic E-state index is 11.3. The molecular formula is C10H19NO4. The van der Waals surface area contributed by atoms with E-state index < -0.39 is 24.1 Å². The fourth-order valence-electron chi connectivity index (χ4n) is 1.14. The standard InChI is InChI=1S/C10H19NO4/c1-4-8(9(12)13)15-10(14)7(11)5-6(2)3/h6-8H,4-5,11H2,1-3H3,(H,12,13)/t7-,8?/m0/s1. The number of nitrogens with two attached hydrogens (primary N) is 1. The highest BCUT2D eigenvalue weighted by molar-refractivity contribution is 5.80. The lowest BCUT2D eigenvalue weighted by Crippen LogP contribution is -2.38. The summed E-state index contributed by atoms with van der Waals surface area (Å²) < 4.78 is 4.76. The van der Waals surface area contributed by atoms with Crippen LogP contribution in [0.3, 0.4) is 0 Å². The van der Waals surface area contributed by atoms with Gasteiger partial charge in [-0.05, 0) is 18.8 Å². The number of hydrogen-bond donors (Lipinski definition) is 2. The highest BCUT2D eigenvalue weighted by Gasteiger charge is 2.24. The molecule has 0 aromatic carbocycles. The summed E-state index contributed by atoms with van der Waals surface area (Å²) in [6.45, 7) is 5.50. The molecule has 0 rings (SSSR count). The van der Waals surface area contributed by atoms with Crippen LogP contribution in [0.5, 0.6) is 0 Å². The van der Waals surface area contributed by atoms with Crippen molar-refractivity contribution in [2.75, 3.05) is 0 Å². The van der Waals surface area contributed by atoms with E-state index in [0.717, 1.165) is 0 Å². The van der Waals surface area contributed by atoms with Gasteiger partial charge in [0.05, 0.1) is 0 Å². The number of esters is 1. The molecule has 0 radical (unpaired) electrons. The Hall–Kier alpha value is -1.10. The van der Waals surface area contributed by atoms with Crippen LogP contribution in [0.25, 0.3) is 0 Å². The van der Waals surface area contributed by atoms with Crippen LogP contribution in [0.15, 0.2) is 0 Å². The highest BCUT2D eigenvalue weighted by atomic mass is 16.6. The lowest BCUT2D eigenvalue weighted by atomic mass is 10.0. The van der Waals surface area contributed by atoms with Crippen molar-refractivity contribution in [2.45, 2.75) is 45.8 Å². The van der Waals surface area contributed by atoms with Crippen LogP contribution >= 0.6 is 0 Å². The molecule has 0 spiro atoms. The summed E-state index contributed by atoms with van der Waals surface area (Å²) in [6, 6.07) is -0.738. The number of ether oxygens (including phenoxy) is 1. The molecule has 0 fully saturated rings. The minimum atomic E-state index is -1.14. The van der Waals surface area contributed by atoms with Crippen molar-refractivity contribution in [1.29, 1.82) is 0 Å². The first-order valence-corrected chi connectivity index (χ1v) is 5.07. The second-order valence-electron chi connectivity index (χ2n) is 3.91. The van der Waals surface area contributed by atoms with E-state index in [1.54, 1.807) is 6.92 Å². The van der Waals surface area contributed by atoms with Gasteiger partial charge in [0.2, 0.25) is 0 Å². The maximum absolute atomic E-state index is 11.3. The van der Waals surface area contributed by atoms with Gasteiger partial charge in [0.15, 0.2) is 6.10 Å². The van der Waals surface area contributed by atoms with Gasteiger partial charge in [-0.2, -0.15) is 0 Å². The van der Waals surface area contributed by atoms with Gasteiger partial charge < -0.3 is 15.6 Å². The first-order chi connectivity index (χ1) is 6.88. The van der Waals surface area contributed by atoms with Crippen LogP contribution in [0.4, 0.5) is 0 Å². The van der Waals surface area contributed by atoms with Crippen LogP contribution < -0.4 is 5.73 Å². The van der Waals surface area contributed by atoms with Gasteiger partial charge in [0.25, 0.3) is 0 Å². The average Bonchev–Trinajstić information content (AvgIpc) is 2.11. The zero-order chi connectivity index (χ0) is 12.0. The minimum Gasteiger partial charge on any atom is -0.479 e. The summed E-state index contributed by atoms with van der Waals surface area (Å²) in [7, 11) is 0. The molecule has 88 valence electrons. The van der Waals surface area contributed by atoms with Gasteiger partial charge in [-0.3, -0.25) is 4.79 Å². The molecule has 5 nitrogen and oxygen atoms in total. The van der Waals surface area contributed by atoms with Gasteiger partial charge in [0, 0.05) is 0 Å².